The van der Waals surface area contributed by atoms with Crippen LogP contribution in [0.3, 0.4) is 0 Å². The molecule has 0 saturated carbocycles. The van der Waals surface area contributed by atoms with Gasteiger partial charge in [-0.2, -0.15) is 0 Å². The van der Waals surface area contributed by atoms with Crippen molar-refractivity contribution < 1.29 is 65.4 Å². The molecule has 0 unspecified atom stereocenters. The van der Waals surface area contributed by atoms with Gasteiger partial charge in [0.25, 0.3) is 0 Å². The van der Waals surface area contributed by atoms with Gasteiger partial charge in [-0.05, 0) is 23.3 Å². The lowest BCUT2D eigenvalue weighted by Crippen LogP contribution is -2.53. The Labute approximate surface area is 265 Å². The average molecular weight is 670 g/mol. The van der Waals surface area contributed by atoms with Gasteiger partial charge in [0.15, 0.2) is 10.2 Å². The van der Waals surface area contributed by atoms with Crippen molar-refractivity contribution in [2.75, 3.05) is 39.5 Å². The van der Waals surface area contributed by atoms with Crippen LogP contribution in [0.1, 0.15) is 37.8 Å². The molecule has 10 N–H and O–H groups in total. The molecular formula is C28H47NO13S2. The molecule has 0 heterocycles. The Morgan fingerprint density at radius 1 is 0.705 bits per heavy atom. The van der Waals surface area contributed by atoms with Crippen LogP contribution < -0.4 is 4.74 Å². The molecule has 0 radical (unpaired) electrons. The molecule has 0 spiro atoms. The Balaban J connectivity index is 3.06. The van der Waals surface area contributed by atoms with Gasteiger partial charge in [0, 0.05) is 44.0 Å². The number of aliphatic hydroxyl groups is 10. The largest absolute Gasteiger partial charge is 0.492 e. The van der Waals surface area contributed by atoms with Crippen molar-refractivity contribution in [3.63, 3.8) is 0 Å². The molecule has 0 saturated heterocycles. The van der Waals surface area contributed by atoms with Crippen molar-refractivity contribution in [3.8, 4) is 5.75 Å². The number of hydrogen-bond acceptors (Lipinski definition) is 16. The number of carbonyl (C=O) groups excluding carboxylic acids is 2. The summed E-state index contributed by atoms with van der Waals surface area (Å²) in [5.41, 5.74) is 1.66. The minimum absolute atomic E-state index is 0.00458. The summed E-state index contributed by atoms with van der Waals surface area (Å²) in [6, 6.07) is 5.21. The third-order valence-corrected chi connectivity index (χ3v) is 8.88. The van der Waals surface area contributed by atoms with Gasteiger partial charge in [0.1, 0.15) is 49.0 Å². The summed E-state index contributed by atoms with van der Waals surface area (Å²) in [6.07, 6.45) is -13.7. The first-order valence-corrected chi connectivity index (χ1v) is 16.2. The molecule has 254 valence electrons. The molecule has 0 amide bonds. The van der Waals surface area contributed by atoms with Crippen molar-refractivity contribution in [2.45, 2.75) is 87.0 Å². The van der Waals surface area contributed by atoms with Gasteiger partial charge < -0.3 is 55.8 Å². The fraction of sp³-hybridized carbons (Fsp3) is 0.714. The van der Waals surface area contributed by atoms with E-state index in [1.807, 2.05) is 0 Å². The monoisotopic (exact) mass is 669 g/mol. The highest BCUT2D eigenvalue weighted by Crippen LogP contribution is 2.27. The Bertz CT molecular complexity index is 961. The second kappa shape index (κ2) is 21.4. The van der Waals surface area contributed by atoms with Crippen LogP contribution in [-0.2, 0) is 21.1 Å². The van der Waals surface area contributed by atoms with Crippen molar-refractivity contribution in [1.29, 1.82) is 0 Å². The summed E-state index contributed by atoms with van der Waals surface area (Å²) in [7, 11) is 0. The normalized spacial score (nSPS) is 17.4. The van der Waals surface area contributed by atoms with E-state index in [0.717, 1.165) is 22.9 Å². The summed E-state index contributed by atoms with van der Waals surface area (Å²) >= 11 is 2.32. The Kier molecular flexibility index (Phi) is 19.8. The molecular weight excluding hydrogens is 622 g/mol. The molecule has 0 aliphatic carbocycles. The van der Waals surface area contributed by atoms with Crippen LogP contribution in [-0.4, -0.2) is 154 Å². The topological polar surface area (TPSA) is 249 Å². The summed E-state index contributed by atoms with van der Waals surface area (Å²) < 4.78 is 5.86. The minimum Gasteiger partial charge on any atom is -0.492 e. The Morgan fingerprint density at radius 2 is 1.14 bits per heavy atom. The maximum absolute atomic E-state index is 11.9. The van der Waals surface area contributed by atoms with Gasteiger partial charge in [0.05, 0.1) is 25.4 Å². The van der Waals surface area contributed by atoms with Crippen LogP contribution >= 0.6 is 23.5 Å². The van der Waals surface area contributed by atoms with Gasteiger partial charge in [0.2, 0.25) is 0 Å². The highest BCUT2D eigenvalue weighted by Gasteiger charge is 2.34. The van der Waals surface area contributed by atoms with E-state index in [1.165, 1.54) is 16.7 Å². The lowest BCUT2D eigenvalue weighted by molar-refractivity contribution is -0.130. The molecule has 1 aromatic rings. The van der Waals surface area contributed by atoms with E-state index in [9.17, 15) is 50.4 Å². The van der Waals surface area contributed by atoms with Gasteiger partial charge >= 0.3 is 0 Å². The number of thioether (sulfide) groups is 2. The zero-order chi connectivity index (χ0) is 33.4. The second-order valence-corrected chi connectivity index (χ2v) is 12.2. The average Bonchev–Trinajstić information content (AvgIpc) is 3.03. The number of ether oxygens (including phenoxy) is 1. The molecule has 0 aliphatic heterocycles. The summed E-state index contributed by atoms with van der Waals surface area (Å²) in [5, 5.41) is 98.7. The number of aliphatic hydroxyl groups excluding tert-OH is 10. The van der Waals surface area contributed by atoms with Gasteiger partial charge in [-0.15, -0.1) is 0 Å². The van der Waals surface area contributed by atoms with Crippen molar-refractivity contribution >= 4 is 33.8 Å². The van der Waals surface area contributed by atoms with E-state index in [-0.39, 0.29) is 23.4 Å². The number of rotatable bonds is 22. The molecule has 0 bridgehead atoms. The third kappa shape index (κ3) is 13.9. The first kappa shape index (κ1) is 40.6. The van der Waals surface area contributed by atoms with E-state index in [2.05, 4.69) is 0 Å². The molecule has 8 atom stereocenters. The minimum atomic E-state index is -1.90. The SMILES string of the molecule is CCC(=O)SCc1ccc(OCCN(C[C@@H](O)[C@@H](O)[C@H](O)[C@H](O)CO)C[C@@H](O)[C@@H](O)[C@H](O)[C@H](O)CO)cc1CSC(=O)CC. The van der Waals surface area contributed by atoms with Crippen LogP contribution in [0, 0.1) is 0 Å². The number of nitrogens with zero attached hydrogens (tertiary/aromatic N) is 1. The number of hydrogen-bond donors (Lipinski definition) is 10. The quantitative estimate of drug-likeness (QED) is 0.0617. The maximum atomic E-state index is 11.9. The predicted octanol–water partition coefficient (Wildman–Crippen LogP) is -2.42. The van der Waals surface area contributed by atoms with E-state index in [0.29, 0.717) is 30.1 Å². The Morgan fingerprint density at radius 3 is 1.57 bits per heavy atom. The maximum Gasteiger partial charge on any atom is 0.188 e. The fourth-order valence-corrected chi connectivity index (χ4v) is 5.50. The molecule has 1 rings (SSSR count). The third-order valence-electron chi connectivity index (χ3n) is 6.75. The smallest absolute Gasteiger partial charge is 0.188 e. The molecule has 0 aromatic heterocycles. The van der Waals surface area contributed by atoms with E-state index >= 15 is 0 Å². The highest BCUT2D eigenvalue weighted by molar-refractivity contribution is 8.13. The van der Waals surface area contributed by atoms with Gasteiger partial charge in [-0.25, -0.2) is 0 Å². The second-order valence-electron chi connectivity index (χ2n) is 10.2. The van der Waals surface area contributed by atoms with Crippen LogP contribution in [0.2, 0.25) is 0 Å². The van der Waals surface area contributed by atoms with Crippen molar-refractivity contribution in [3.05, 3.63) is 29.3 Å². The fourth-order valence-electron chi connectivity index (χ4n) is 3.91. The van der Waals surface area contributed by atoms with Crippen molar-refractivity contribution in [2.24, 2.45) is 0 Å². The molecule has 44 heavy (non-hydrogen) atoms. The van der Waals surface area contributed by atoms with Gasteiger partial charge in [-0.1, -0.05) is 43.4 Å². The van der Waals surface area contributed by atoms with Crippen LogP contribution in [0.4, 0.5) is 0 Å². The van der Waals surface area contributed by atoms with Crippen molar-refractivity contribution in [1.82, 2.24) is 4.90 Å². The van der Waals surface area contributed by atoms with Gasteiger partial charge in [-0.3, -0.25) is 14.5 Å². The number of carbonyl (C=O) groups is 2. The molecule has 16 heteroatoms. The first-order valence-electron chi connectivity index (χ1n) is 14.2. The summed E-state index contributed by atoms with van der Waals surface area (Å²) in [5.74, 6) is 1.21. The zero-order valence-electron chi connectivity index (χ0n) is 24.9. The molecule has 1 aromatic carbocycles. The van der Waals surface area contributed by atoms with E-state index in [1.54, 1.807) is 32.0 Å². The Hall–Kier alpha value is -1.38. The number of benzene rings is 1. The predicted molar refractivity (Wildman–Crippen MR) is 164 cm³/mol. The standard InChI is InChI=1S/C28H47NO13S2/c1-3-23(36)43-14-16-5-6-18(9-17(16)15-44-24(37)4-2)42-8-7-29(10-19(32)25(38)27(40)21(34)12-30)11-20(33)26(39)28(41)22(35)13-31/h5-6,9,19-22,25-28,30-35,38-41H,3-4,7-8,10-15H2,1-2H3/t19-,20-,21-,22-,25-,26-,27-,28-/m1/s1. The van der Waals surface area contributed by atoms with Crippen LogP contribution in [0.25, 0.3) is 0 Å². The van der Waals surface area contributed by atoms with Crippen LogP contribution in [0.15, 0.2) is 18.2 Å². The first-order chi connectivity index (χ1) is 20.8. The lowest BCUT2D eigenvalue weighted by atomic mass is 10.0. The lowest BCUT2D eigenvalue weighted by Gasteiger charge is -2.33. The highest BCUT2D eigenvalue weighted by atomic mass is 32.2. The zero-order valence-corrected chi connectivity index (χ0v) is 26.5. The van der Waals surface area contributed by atoms with E-state index < -0.39 is 75.1 Å². The van der Waals surface area contributed by atoms with E-state index in [4.69, 9.17) is 14.9 Å². The summed E-state index contributed by atoms with van der Waals surface area (Å²) in [6.45, 7) is 0.830. The molecule has 0 aliphatic rings. The van der Waals surface area contributed by atoms with Crippen LogP contribution in [0.5, 0.6) is 5.75 Å². The summed E-state index contributed by atoms with van der Waals surface area (Å²) in [4.78, 5) is 25.1. The molecule has 0 fully saturated rings. The molecule has 14 nitrogen and oxygen atoms in total.